The lowest BCUT2D eigenvalue weighted by Gasteiger charge is -2.15. The van der Waals surface area contributed by atoms with E-state index < -0.39 is 5.97 Å². The van der Waals surface area contributed by atoms with E-state index in [2.05, 4.69) is 15.4 Å². The second-order valence-corrected chi connectivity index (χ2v) is 7.33. The van der Waals surface area contributed by atoms with E-state index in [4.69, 9.17) is 4.74 Å². The Hall–Kier alpha value is -2.44. The molecular formula is C20H30N4O3. The number of nitrogens with zero attached hydrogens (tertiary/aromatic N) is 3. The average molecular weight is 374 g/mol. The Balaban J connectivity index is 2.26. The van der Waals surface area contributed by atoms with Gasteiger partial charge in [0.25, 0.3) is 5.91 Å². The molecule has 0 saturated heterocycles. The van der Waals surface area contributed by atoms with Gasteiger partial charge in [-0.25, -0.2) is 14.5 Å². The number of hydrogen-bond acceptors (Lipinski definition) is 5. The molecule has 0 radical (unpaired) electrons. The fraction of sp³-hybridized carbons (Fsp3) is 0.600. The van der Waals surface area contributed by atoms with Gasteiger partial charge in [-0.05, 0) is 38.7 Å². The number of carbonyl (C=O) groups is 2. The molecule has 0 atom stereocenters. The van der Waals surface area contributed by atoms with Gasteiger partial charge in [0.2, 0.25) is 0 Å². The highest BCUT2D eigenvalue weighted by Crippen LogP contribution is 2.24. The summed E-state index contributed by atoms with van der Waals surface area (Å²) in [5.74, 6) is -0.675. The van der Waals surface area contributed by atoms with Crippen LogP contribution in [0.4, 0.5) is 0 Å². The molecule has 0 aliphatic rings. The van der Waals surface area contributed by atoms with Crippen molar-refractivity contribution >= 4 is 22.9 Å². The highest BCUT2D eigenvalue weighted by atomic mass is 16.5. The summed E-state index contributed by atoms with van der Waals surface area (Å²) in [6, 6.07) is 1.95. The molecule has 0 unspecified atom stereocenters. The van der Waals surface area contributed by atoms with Crippen LogP contribution in [0.1, 0.15) is 82.4 Å². The summed E-state index contributed by atoms with van der Waals surface area (Å²) in [6.45, 7) is 11.8. The van der Waals surface area contributed by atoms with Gasteiger partial charge in [0.15, 0.2) is 12.3 Å². The molecule has 0 fully saturated rings. The Bertz CT molecular complexity index is 807. The van der Waals surface area contributed by atoms with Gasteiger partial charge < -0.3 is 10.1 Å². The standard InChI is InChI=1S/C20H30N4O3/c1-7-14(8-2)22-18(25)11-27-20(26)15-9-17(12(3)4)23-19-16(15)10-21-24(19)13(5)6/h9-10,12-14H,7-8,11H2,1-6H3,(H,22,25). The zero-order valence-electron chi connectivity index (χ0n) is 17.1. The molecule has 2 heterocycles. The zero-order chi connectivity index (χ0) is 20.1. The number of hydrogen-bond donors (Lipinski definition) is 1. The van der Waals surface area contributed by atoms with E-state index in [0.29, 0.717) is 16.6 Å². The van der Waals surface area contributed by atoms with Gasteiger partial charge in [-0.2, -0.15) is 5.10 Å². The summed E-state index contributed by atoms with van der Waals surface area (Å²) in [4.78, 5) is 29.4. The molecule has 0 aliphatic heterocycles. The molecule has 2 aromatic heterocycles. The Labute approximate surface area is 160 Å². The van der Waals surface area contributed by atoms with Crippen LogP contribution in [0.15, 0.2) is 12.3 Å². The molecule has 148 valence electrons. The van der Waals surface area contributed by atoms with E-state index in [0.717, 1.165) is 18.5 Å². The topological polar surface area (TPSA) is 86.1 Å². The molecule has 0 saturated carbocycles. The summed E-state index contributed by atoms with van der Waals surface area (Å²) >= 11 is 0. The summed E-state index contributed by atoms with van der Waals surface area (Å²) in [6.07, 6.45) is 3.31. The number of nitrogens with one attached hydrogen (secondary N) is 1. The number of rotatable bonds is 8. The van der Waals surface area contributed by atoms with Crippen LogP contribution in [0.25, 0.3) is 11.0 Å². The van der Waals surface area contributed by atoms with E-state index in [9.17, 15) is 9.59 Å². The molecule has 0 bridgehead atoms. The average Bonchev–Trinajstić information content (AvgIpc) is 3.07. The molecule has 2 aromatic rings. The molecule has 2 rings (SSSR count). The summed E-state index contributed by atoms with van der Waals surface area (Å²) in [5, 5.41) is 7.86. The van der Waals surface area contributed by atoms with Crippen molar-refractivity contribution < 1.29 is 14.3 Å². The molecule has 1 N–H and O–H groups in total. The molecule has 1 amide bonds. The molecule has 27 heavy (non-hydrogen) atoms. The Kier molecular flexibility index (Phi) is 6.93. The number of carbonyl (C=O) groups excluding carboxylic acids is 2. The maximum Gasteiger partial charge on any atom is 0.339 e. The van der Waals surface area contributed by atoms with Crippen LogP contribution in [0.5, 0.6) is 0 Å². The lowest BCUT2D eigenvalue weighted by Crippen LogP contribution is -2.36. The minimum absolute atomic E-state index is 0.0978. The fourth-order valence-electron chi connectivity index (χ4n) is 2.85. The Morgan fingerprint density at radius 1 is 1.19 bits per heavy atom. The first-order valence-electron chi connectivity index (χ1n) is 9.63. The van der Waals surface area contributed by atoms with Crippen LogP contribution < -0.4 is 5.32 Å². The number of ether oxygens (including phenoxy) is 1. The van der Waals surface area contributed by atoms with E-state index in [1.807, 2.05) is 41.5 Å². The van der Waals surface area contributed by atoms with Gasteiger partial charge in [0.1, 0.15) is 0 Å². The lowest BCUT2D eigenvalue weighted by molar-refractivity contribution is -0.125. The van der Waals surface area contributed by atoms with Crippen molar-refractivity contribution in [2.45, 2.75) is 72.4 Å². The highest BCUT2D eigenvalue weighted by Gasteiger charge is 2.21. The van der Waals surface area contributed by atoms with Crippen molar-refractivity contribution in [2.75, 3.05) is 6.61 Å². The van der Waals surface area contributed by atoms with Gasteiger partial charge in [-0.15, -0.1) is 0 Å². The van der Waals surface area contributed by atoms with Crippen molar-refractivity contribution in [3.8, 4) is 0 Å². The van der Waals surface area contributed by atoms with Crippen LogP contribution in [0.2, 0.25) is 0 Å². The first kappa shape index (κ1) is 20.9. The summed E-state index contributed by atoms with van der Waals surface area (Å²) in [7, 11) is 0. The smallest absolute Gasteiger partial charge is 0.339 e. The Morgan fingerprint density at radius 2 is 1.85 bits per heavy atom. The molecule has 0 aromatic carbocycles. The second kappa shape index (κ2) is 8.97. The third kappa shape index (κ3) is 4.84. The van der Waals surface area contributed by atoms with E-state index in [1.54, 1.807) is 16.9 Å². The van der Waals surface area contributed by atoms with Crippen molar-refractivity contribution in [2.24, 2.45) is 0 Å². The third-order valence-electron chi connectivity index (χ3n) is 4.57. The summed E-state index contributed by atoms with van der Waals surface area (Å²) in [5.41, 5.74) is 1.84. The van der Waals surface area contributed by atoms with E-state index in [-0.39, 0.29) is 30.5 Å². The SMILES string of the molecule is CCC(CC)NC(=O)COC(=O)c1cc(C(C)C)nc2c1cnn2C(C)C. The second-order valence-electron chi connectivity index (χ2n) is 7.33. The van der Waals surface area contributed by atoms with Gasteiger partial charge in [0.05, 0.1) is 17.1 Å². The van der Waals surface area contributed by atoms with Crippen LogP contribution in [0.3, 0.4) is 0 Å². The maximum atomic E-state index is 12.7. The molecule has 7 nitrogen and oxygen atoms in total. The number of amides is 1. The highest BCUT2D eigenvalue weighted by molar-refractivity contribution is 6.03. The van der Waals surface area contributed by atoms with Crippen LogP contribution in [-0.4, -0.2) is 39.3 Å². The van der Waals surface area contributed by atoms with Gasteiger partial charge >= 0.3 is 5.97 Å². The predicted molar refractivity (Wildman–Crippen MR) is 105 cm³/mol. The van der Waals surface area contributed by atoms with Crippen molar-refractivity contribution in [1.29, 1.82) is 0 Å². The maximum absolute atomic E-state index is 12.7. The normalized spacial score (nSPS) is 11.6. The van der Waals surface area contributed by atoms with Crippen molar-refractivity contribution in [3.63, 3.8) is 0 Å². The van der Waals surface area contributed by atoms with Crippen molar-refractivity contribution in [1.82, 2.24) is 20.1 Å². The van der Waals surface area contributed by atoms with Gasteiger partial charge in [-0.3, -0.25) is 4.79 Å². The largest absolute Gasteiger partial charge is 0.452 e. The van der Waals surface area contributed by atoms with Gasteiger partial charge in [0, 0.05) is 17.8 Å². The van der Waals surface area contributed by atoms with Crippen molar-refractivity contribution in [3.05, 3.63) is 23.5 Å². The Morgan fingerprint density at radius 3 is 2.41 bits per heavy atom. The monoisotopic (exact) mass is 374 g/mol. The number of pyridine rings is 1. The number of fused-ring (bicyclic) bond motifs is 1. The lowest BCUT2D eigenvalue weighted by atomic mass is 10.1. The van der Waals surface area contributed by atoms with Crippen LogP contribution in [-0.2, 0) is 9.53 Å². The van der Waals surface area contributed by atoms with Crippen LogP contribution >= 0.6 is 0 Å². The van der Waals surface area contributed by atoms with Gasteiger partial charge in [-0.1, -0.05) is 27.7 Å². The first-order valence-corrected chi connectivity index (χ1v) is 9.63. The molecule has 0 spiro atoms. The molecule has 0 aliphatic carbocycles. The quantitative estimate of drug-likeness (QED) is 0.714. The first-order chi connectivity index (χ1) is 12.8. The van der Waals surface area contributed by atoms with E-state index in [1.165, 1.54) is 0 Å². The third-order valence-corrected chi connectivity index (χ3v) is 4.57. The minimum atomic E-state index is -0.535. The molecule has 7 heteroatoms. The zero-order valence-corrected chi connectivity index (χ0v) is 17.1. The summed E-state index contributed by atoms with van der Waals surface area (Å²) < 4.78 is 7.07. The fourth-order valence-corrected chi connectivity index (χ4v) is 2.85. The van der Waals surface area contributed by atoms with Crippen LogP contribution in [0, 0.1) is 0 Å². The van der Waals surface area contributed by atoms with E-state index >= 15 is 0 Å². The number of aromatic nitrogens is 3. The predicted octanol–water partition coefficient (Wildman–Crippen LogP) is 3.60. The molecular weight excluding hydrogens is 344 g/mol. The minimum Gasteiger partial charge on any atom is -0.452 e. The number of esters is 1.